The molecular formula is C13H11N3O. The van der Waals surface area contributed by atoms with Crippen LogP contribution in [-0.4, -0.2) is 15.8 Å². The molecule has 17 heavy (non-hydrogen) atoms. The number of nitrogens with two attached hydrogens (primary N) is 1. The molecule has 84 valence electrons. The van der Waals surface area contributed by atoms with Gasteiger partial charge in [-0.1, -0.05) is 18.2 Å². The van der Waals surface area contributed by atoms with E-state index in [1.165, 1.54) is 24.8 Å². The van der Waals surface area contributed by atoms with Crippen molar-refractivity contribution in [1.29, 1.82) is 0 Å². The molecule has 0 bridgehead atoms. The van der Waals surface area contributed by atoms with Crippen LogP contribution in [0.15, 0.2) is 49.1 Å². The minimum atomic E-state index is -0.123. The number of ketones is 1. The van der Waals surface area contributed by atoms with Crippen LogP contribution in [0.1, 0.15) is 15.9 Å². The van der Waals surface area contributed by atoms with Gasteiger partial charge in [-0.2, -0.15) is 0 Å². The van der Waals surface area contributed by atoms with Crippen molar-refractivity contribution in [3.8, 4) is 0 Å². The summed E-state index contributed by atoms with van der Waals surface area (Å²) in [6.45, 7) is 0. The van der Waals surface area contributed by atoms with E-state index >= 15 is 0 Å². The Kier molecular flexibility index (Phi) is 3.25. The van der Waals surface area contributed by atoms with Gasteiger partial charge in [0, 0.05) is 18.1 Å². The molecule has 0 unspecified atom stereocenters. The molecule has 0 radical (unpaired) electrons. The second-order valence-electron chi connectivity index (χ2n) is 3.49. The average molecular weight is 225 g/mol. The monoisotopic (exact) mass is 225 g/mol. The molecule has 0 aliphatic rings. The highest BCUT2D eigenvalue weighted by Gasteiger charge is 2.00. The Hall–Kier alpha value is -2.49. The van der Waals surface area contributed by atoms with Crippen LogP contribution in [0.5, 0.6) is 0 Å². The van der Waals surface area contributed by atoms with Crippen molar-refractivity contribution in [1.82, 2.24) is 9.97 Å². The fourth-order valence-corrected chi connectivity index (χ4v) is 1.30. The molecule has 0 saturated heterocycles. The lowest BCUT2D eigenvalue weighted by Crippen LogP contribution is -1.95. The number of allylic oxidation sites excluding steroid dienone is 1. The Morgan fingerprint density at radius 1 is 1.12 bits per heavy atom. The Morgan fingerprint density at radius 2 is 1.76 bits per heavy atom. The Balaban J connectivity index is 2.11. The molecular weight excluding hydrogens is 214 g/mol. The predicted molar refractivity (Wildman–Crippen MR) is 66.3 cm³/mol. The quantitative estimate of drug-likeness (QED) is 0.492. The number of carbonyl (C=O) groups is 1. The van der Waals surface area contributed by atoms with Gasteiger partial charge in [0.05, 0.1) is 5.56 Å². The minimum Gasteiger partial charge on any atom is -0.399 e. The summed E-state index contributed by atoms with van der Waals surface area (Å²) in [6.07, 6.45) is 7.59. The molecule has 1 heterocycles. The fourth-order valence-electron chi connectivity index (χ4n) is 1.30. The molecule has 0 saturated carbocycles. The number of hydrogen-bond donors (Lipinski definition) is 1. The van der Waals surface area contributed by atoms with Gasteiger partial charge in [-0.3, -0.25) is 4.79 Å². The summed E-state index contributed by atoms with van der Waals surface area (Å²) >= 11 is 0. The second kappa shape index (κ2) is 5.03. The zero-order valence-electron chi connectivity index (χ0n) is 9.08. The third-order valence-electron chi connectivity index (χ3n) is 2.21. The molecule has 0 amide bonds. The summed E-state index contributed by atoms with van der Waals surface area (Å²) in [5, 5.41) is 0. The number of benzene rings is 1. The van der Waals surface area contributed by atoms with E-state index in [0.29, 0.717) is 11.3 Å². The van der Waals surface area contributed by atoms with E-state index in [2.05, 4.69) is 9.97 Å². The third-order valence-corrected chi connectivity index (χ3v) is 2.21. The van der Waals surface area contributed by atoms with Crippen molar-refractivity contribution in [2.75, 3.05) is 5.73 Å². The van der Waals surface area contributed by atoms with Crippen molar-refractivity contribution in [2.24, 2.45) is 0 Å². The summed E-state index contributed by atoms with van der Waals surface area (Å²) in [6, 6.07) is 7.27. The first-order valence-electron chi connectivity index (χ1n) is 5.08. The van der Waals surface area contributed by atoms with E-state index in [-0.39, 0.29) is 5.78 Å². The SMILES string of the molecule is Nc1ccc(/C=C/C(=O)c2cncnc2)cc1. The number of aromatic nitrogens is 2. The largest absolute Gasteiger partial charge is 0.399 e. The predicted octanol–water partition coefficient (Wildman–Crippen LogP) is 1.95. The Labute approximate surface area is 98.8 Å². The highest BCUT2D eigenvalue weighted by atomic mass is 16.1. The summed E-state index contributed by atoms with van der Waals surface area (Å²) < 4.78 is 0. The van der Waals surface area contributed by atoms with E-state index < -0.39 is 0 Å². The number of anilines is 1. The first kappa shape index (κ1) is 11.0. The van der Waals surface area contributed by atoms with E-state index in [1.807, 2.05) is 12.1 Å². The van der Waals surface area contributed by atoms with Crippen LogP contribution in [0.2, 0.25) is 0 Å². The lowest BCUT2D eigenvalue weighted by atomic mass is 10.1. The lowest BCUT2D eigenvalue weighted by Gasteiger charge is -1.95. The van der Waals surface area contributed by atoms with Crippen LogP contribution < -0.4 is 5.73 Å². The molecule has 2 aromatic rings. The molecule has 1 aromatic carbocycles. The average Bonchev–Trinajstić information content (AvgIpc) is 2.39. The molecule has 0 fully saturated rings. The Bertz CT molecular complexity index is 532. The van der Waals surface area contributed by atoms with E-state index in [9.17, 15) is 4.79 Å². The van der Waals surface area contributed by atoms with Gasteiger partial charge in [-0.25, -0.2) is 9.97 Å². The standard InChI is InChI=1S/C13H11N3O/c14-12-4-1-10(2-5-12)3-6-13(17)11-7-15-9-16-8-11/h1-9H,14H2/b6-3+. The van der Waals surface area contributed by atoms with E-state index in [1.54, 1.807) is 18.2 Å². The maximum absolute atomic E-state index is 11.7. The maximum atomic E-state index is 11.7. The first-order valence-corrected chi connectivity index (χ1v) is 5.08. The molecule has 4 heteroatoms. The van der Waals surface area contributed by atoms with Crippen molar-refractivity contribution in [3.05, 3.63) is 60.2 Å². The first-order chi connectivity index (χ1) is 8.25. The minimum absolute atomic E-state index is 0.123. The van der Waals surface area contributed by atoms with E-state index in [4.69, 9.17) is 5.73 Å². The van der Waals surface area contributed by atoms with Gasteiger partial charge < -0.3 is 5.73 Å². The summed E-state index contributed by atoms with van der Waals surface area (Å²) in [5.74, 6) is -0.123. The zero-order chi connectivity index (χ0) is 12.1. The molecule has 2 rings (SSSR count). The van der Waals surface area contributed by atoms with Gasteiger partial charge in [-0.15, -0.1) is 0 Å². The van der Waals surface area contributed by atoms with Crippen LogP contribution in [0, 0.1) is 0 Å². The normalized spacial score (nSPS) is 10.6. The second-order valence-corrected chi connectivity index (χ2v) is 3.49. The molecule has 2 N–H and O–H groups in total. The van der Waals surface area contributed by atoms with Crippen LogP contribution in [0.4, 0.5) is 5.69 Å². The van der Waals surface area contributed by atoms with Crippen LogP contribution in [0.3, 0.4) is 0 Å². The van der Waals surface area contributed by atoms with Gasteiger partial charge in [0.15, 0.2) is 5.78 Å². The highest BCUT2D eigenvalue weighted by molar-refractivity contribution is 6.06. The molecule has 1 aromatic heterocycles. The summed E-state index contributed by atoms with van der Waals surface area (Å²) in [4.78, 5) is 19.3. The van der Waals surface area contributed by atoms with Gasteiger partial charge in [0.2, 0.25) is 0 Å². The smallest absolute Gasteiger partial charge is 0.188 e. The van der Waals surface area contributed by atoms with Gasteiger partial charge in [-0.05, 0) is 23.8 Å². The van der Waals surface area contributed by atoms with Crippen molar-refractivity contribution < 1.29 is 4.79 Å². The van der Waals surface area contributed by atoms with Crippen molar-refractivity contribution in [3.63, 3.8) is 0 Å². The highest BCUT2D eigenvalue weighted by Crippen LogP contribution is 2.08. The van der Waals surface area contributed by atoms with Crippen LogP contribution in [-0.2, 0) is 0 Å². The molecule has 0 spiro atoms. The number of carbonyl (C=O) groups excluding carboxylic acids is 1. The van der Waals surface area contributed by atoms with Crippen LogP contribution in [0.25, 0.3) is 6.08 Å². The van der Waals surface area contributed by atoms with Crippen LogP contribution >= 0.6 is 0 Å². The third kappa shape index (κ3) is 2.98. The van der Waals surface area contributed by atoms with Gasteiger partial charge >= 0.3 is 0 Å². The maximum Gasteiger partial charge on any atom is 0.188 e. The Morgan fingerprint density at radius 3 is 2.41 bits per heavy atom. The number of nitrogen functional groups attached to an aromatic ring is 1. The van der Waals surface area contributed by atoms with Gasteiger partial charge in [0.25, 0.3) is 0 Å². The molecule has 0 aliphatic heterocycles. The molecule has 4 nitrogen and oxygen atoms in total. The molecule has 0 aliphatic carbocycles. The number of nitrogens with zero attached hydrogens (tertiary/aromatic N) is 2. The summed E-state index contributed by atoms with van der Waals surface area (Å²) in [7, 11) is 0. The van der Waals surface area contributed by atoms with Gasteiger partial charge in [0.1, 0.15) is 6.33 Å². The number of hydrogen-bond acceptors (Lipinski definition) is 4. The van der Waals surface area contributed by atoms with Crippen molar-refractivity contribution >= 4 is 17.5 Å². The van der Waals surface area contributed by atoms with Crippen molar-refractivity contribution in [2.45, 2.75) is 0 Å². The number of rotatable bonds is 3. The van der Waals surface area contributed by atoms with E-state index in [0.717, 1.165) is 5.56 Å². The zero-order valence-corrected chi connectivity index (χ0v) is 9.08. The fraction of sp³-hybridized carbons (Fsp3) is 0. The lowest BCUT2D eigenvalue weighted by molar-refractivity contribution is 0.104. The molecule has 0 atom stereocenters. The summed E-state index contributed by atoms with van der Waals surface area (Å²) in [5.41, 5.74) is 7.66. The topological polar surface area (TPSA) is 68.9 Å².